The van der Waals surface area contributed by atoms with Gasteiger partial charge in [-0.1, -0.05) is 41.9 Å². The molecule has 1 aliphatic rings. The molecule has 21 heavy (non-hydrogen) atoms. The minimum Gasteiger partial charge on any atom is -0.310 e. The molecule has 0 radical (unpaired) electrons. The van der Waals surface area contributed by atoms with Gasteiger partial charge in [-0.15, -0.1) is 0 Å². The molecule has 2 nitrogen and oxygen atoms in total. The third kappa shape index (κ3) is 5.72. The summed E-state index contributed by atoms with van der Waals surface area (Å²) in [7, 11) is 2.27. The van der Waals surface area contributed by atoms with E-state index in [1.807, 2.05) is 0 Å². The van der Waals surface area contributed by atoms with E-state index in [0.717, 1.165) is 24.9 Å². The van der Waals surface area contributed by atoms with E-state index in [1.54, 1.807) is 0 Å². The Morgan fingerprint density at radius 1 is 1.43 bits per heavy atom. The fourth-order valence-corrected chi connectivity index (χ4v) is 3.34. The zero-order valence-corrected chi connectivity index (χ0v) is 15.2. The van der Waals surface area contributed by atoms with Crippen molar-refractivity contribution in [3.63, 3.8) is 0 Å². The monoisotopic (exact) mass is 352 g/mol. The van der Waals surface area contributed by atoms with Gasteiger partial charge in [0.05, 0.1) is 0 Å². The zero-order valence-electron chi connectivity index (χ0n) is 13.6. The summed E-state index contributed by atoms with van der Waals surface area (Å²) in [6.45, 7) is 8.11. The van der Waals surface area contributed by atoms with Crippen molar-refractivity contribution >= 4 is 15.9 Å². The molecule has 0 amide bonds. The molecule has 1 saturated carbocycles. The van der Waals surface area contributed by atoms with Crippen LogP contribution in [0.25, 0.3) is 0 Å². The summed E-state index contributed by atoms with van der Waals surface area (Å²) < 4.78 is 1.17. The van der Waals surface area contributed by atoms with Gasteiger partial charge in [0.25, 0.3) is 0 Å². The van der Waals surface area contributed by atoms with Crippen LogP contribution in [0.5, 0.6) is 0 Å². The Labute approximate surface area is 138 Å². The van der Waals surface area contributed by atoms with Gasteiger partial charge in [-0.25, -0.2) is 0 Å². The summed E-state index contributed by atoms with van der Waals surface area (Å²) in [5.41, 5.74) is 1.39. The molecule has 1 N–H and O–H groups in total. The lowest BCUT2D eigenvalue weighted by atomic mass is 10.0. The Morgan fingerprint density at radius 2 is 2.19 bits per heavy atom. The molecular weight excluding hydrogens is 324 g/mol. The van der Waals surface area contributed by atoms with Crippen LogP contribution in [0.15, 0.2) is 28.7 Å². The van der Waals surface area contributed by atoms with Crippen molar-refractivity contribution in [3.8, 4) is 0 Å². The molecule has 0 aromatic heterocycles. The molecule has 1 aromatic carbocycles. The Balaban J connectivity index is 1.86. The predicted molar refractivity (Wildman–Crippen MR) is 94.6 cm³/mol. The number of halogens is 1. The SMILES string of the molecule is CCCNC(CCN(C)CC1CC1C)c1cccc(Br)c1. The predicted octanol–water partition coefficient (Wildman–Crippen LogP) is 4.47. The average Bonchev–Trinajstić information content (AvgIpc) is 3.14. The molecule has 0 spiro atoms. The van der Waals surface area contributed by atoms with Gasteiger partial charge in [0.1, 0.15) is 0 Å². The summed E-state index contributed by atoms with van der Waals surface area (Å²) in [6, 6.07) is 9.18. The molecule has 118 valence electrons. The Kier molecular flexibility index (Phi) is 6.72. The van der Waals surface area contributed by atoms with Crippen molar-refractivity contribution < 1.29 is 0 Å². The van der Waals surface area contributed by atoms with Gasteiger partial charge in [-0.05, 0) is 68.9 Å². The molecule has 1 fully saturated rings. The van der Waals surface area contributed by atoms with E-state index in [1.165, 1.54) is 35.8 Å². The molecular formula is C18H29BrN2. The lowest BCUT2D eigenvalue weighted by molar-refractivity contribution is 0.292. The van der Waals surface area contributed by atoms with E-state index in [-0.39, 0.29) is 0 Å². The summed E-state index contributed by atoms with van der Waals surface area (Å²) in [5.74, 6) is 1.90. The van der Waals surface area contributed by atoms with Gasteiger partial charge >= 0.3 is 0 Å². The smallest absolute Gasteiger partial charge is 0.0332 e. The molecule has 0 bridgehead atoms. The minimum absolute atomic E-state index is 0.460. The third-order valence-corrected chi connectivity index (χ3v) is 5.01. The lowest BCUT2D eigenvalue weighted by Crippen LogP contribution is -2.29. The molecule has 3 heteroatoms. The highest BCUT2D eigenvalue weighted by Crippen LogP contribution is 2.38. The zero-order chi connectivity index (χ0) is 15.2. The van der Waals surface area contributed by atoms with E-state index >= 15 is 0 Å². The van der Waals surface area contributed by atoms with Crippen molar-refractivity contribution in [2.45, 2.75) is 39.2 Å². The maximum absolute atomic E-state index is 3.70. The number of hydrogen-bond donors (Lipinski definition) is 1. The van der Waals surface area contributed by atoms with E-state index in [9.17, 15) is 0 Å². The normalized spacial score (nSPS) is 22.5. The molecule has 1 aliphatic carbocycles. The second-order valence-corrected chi connectivity index (χ2v) is 7.50. The maximum Gasteiger partial charge on any atom is 0.0332 e. The lowest BCUT2D eigenvalue weighted by Gasteiger charge is -2.23. The van der Waals surface area contributed by atoms with Gasteiger partial charge in [0.15, 0.2) is 0 Å². The van der Waals surface area contributed by atoms with Crippen LogP contribution in [0.4, 0.5) is 0 Å². The first kappa shape index (κ1) is 17.0. The Morgan fingerprint density at radius 3 is 2.81 bits per heavy atom. The fraction of sp³-hybridized carbons (Fsp3) is 0.667. The van der Waals surface area contributed by atoms with Crippen molar-refractivity contribution in [2.24, 2.45) is 11.8 Å². The first-order valence-corrected chi connectivity index (χ1v) is 9.06. The third-order valence-electron chi connectivity index (χ3n) is 4.51. The first-order valence-electron chi connectivity index (χ1n) is 8.27. The number of nitrogens with one attached hydrogen (secondary N) is 1. The number of hydrogen-bond acceptors (Lipinski definition) is 2. The van der Waals surface area contributed by atoms with Crippen LogP contribution >= 0.6 is 15.9 Å². The van der Waals surface area contributed by atoms with Crippen LogP contribution in [0.2, 0.25) is 0 Å². The Hall–Kier alpha value is -0.380. The van der Waals surface area contributed by atoms with Gasteiger partial charge in [0.2, 0.25) is 0 Å². The molecule has 2 rings (SSSR count). The molecule has 0 heterocycles. The van der Waals surface area contributed by atoms with Crippen molar-refractivity contribution in [2.75, 3.05) is 26.7 Å². The summed E-state index contributed by atoms with van der Waals surface area (Å²) in [4.78, 5) is 2.51. The van der Waals surface area contributed by atoms with Crippen LogP contribution in [-0.2, 0) is 0 Å². The van der Waals surface area contributed by atoms with Gasteiger partial charge in [0, 0.05) is 17.1 Å². The number of nitrogens with zero attached hydrogens (tertiary/aromatic N) is 1. The molecule has 0 aliphatic heterocycles. The minimum atomic E-state index is 0.460. The summed E-state index contributed by atoms with van der Waals surface area (Å²) in [6.07, 6.45) is 3.78. The van der Waals surface area contributed by atoms with E-state index in [0.29, 0.717) is 6.04 Å². The van der Waals surface area contributed by atoms with E-state index < -0.39 is 0 Å². The van der Waals surface area contributed by atoms with Crippen LogP contribution < -0.4 is 5.32 Å². The molecule has 1 aromatic rings. The van der Waals surface area contributed by atoms with Crippen LogP contribution in [0, 0.1) is 11.8 Å². The summed E-state index contributed by atoms with van der Waals surface area (Å²) >= 11 is 3.59. The maximum atomic E-state index is 3.70. The molecule has 0 saturated heterocycles. The topological polar surface area (TPSA) is 15.3 Å². The van der Waals surface area contributed by atoms with Crippen LogP contribution in [0.3, 0.4) is 0 Å². The largest absolute Gasteiger partial charge is 0.310 e. The fourth-order valence-electron chi connectivity index (χ4n) is 2.92. The van der Waals surface area contributed by atoms with Crippen molar-refractivity contribution in [1.29, 1.82) is 0 Å². The Bertz CT molecular complexity index is 435. The second-order valence-electron chi connectivity index (χ2n) is 6.59. The van der Waals surface area contributed by atoms with Crippen LogP contribution in [-0.4, -0.2) is 31.6 Å². The highest BCUT2D eigenvalue weighted by Gasteiger charge is 2.33. The highest BCUT2D eigenvalue weighted by atomic mass is 79.9. The van der Waals surface area contributed by atoms with Crippen molar-refractivity contribution in [3.05, 3.63) is 34.3 Å². The van der Waals surface area contributed by atoms with Gasteiger partial charge in [-0.3, -0.25) is 0 Å². The van der Waals surface area contributed by atoms with Gasteiger partial charge in [-0.2, -0.15) is 0 Å². The standard InChI is InChI=1S/C18H29BrN2/c1-4-9-20-18(15-6-5-7-17(19)12-15)8-10-21(3)13-16-11-14(16)2/h5-7,12,14,16,18,20H,4,8-11,13H2,1-3H3. The van der Waals surface area contributed by atoms with E-state index in [2.05, 4.69) is 71.3 Å². The number of rotatable bonds is 9. The first-order chi connectivity index (χ1) is 10.1. The highest BCUT2D eigenvalue weighted by molar-refractivity contribution is 9.10. The van der Waals surface area contributed by atoms with Gasteiger partial charge < -0.3 is 10.2 Å². The van der Waals surface area contributed by atoms with Crippen molar-refractivity contribution in [1.82, 2.24) is 10.2 Å². The number of benzene rings is 1. The van der Waals surface area contributed by atoms with Crippen LogP contribution in [0.1, 0.15) is 44.7 Å². The second kappa shape index (κ2) is 8.30. The molecule has 3 unspecified atom stereocenters. The average molecular weight is 353 g/mol. The molecule has 3 atom stereocenters. The summed E-state index contributed by atoms with van der Waals surface area (Å²) in [5, 5.41) is 3.70. The quantitative estimate of drug-likeness (QED) is 0.705. The van der Waals surface area contributed by atoms with E-state index in [4.69, 9.17) is 0 Å².